The number of aliphatic carboxylic acids is 1. The van der Waals surface area contributed by atoms with Gasteiger partial charge in [-0.05, 0) is 30.9 Å². The van der Waals surface area contributed by atoms with E-state index in [0.717, 1.165) is 30.5 Å². The van der Waals surface area contributed by atoms with Crippen LogP contribution >= 0.6 is 0 Å². The Balaban J connectivity index is 2.04. The van der Waals surface area contributed by atoms with E-state index in [4.69, 9.17) is 10.8 Å². The van der Waals surface area contributed by atoms with Gasteiger partial charge in [0.25, 0.3) is 0 Å². The molecule has 1 aromatic rings. The maximum absolute atomic E-state index is 11.7. The number of carboxylic acid groups (broad SMARTS) is 1. The summed E-state index contributed by atoms with van der Waals surface area (Å²) in [7, 11) is 0. The van der Waals surface area contributed by atoms with Crippen LogP contribution in [0.5, 0.6) is 0 Å². The predicted molar refractivity (Wildman–Crippen MR) is 82.9 cm³/mol. The smallest absolute Gasteiger partial charge is 0.303 e. The van der Waals surface area contributed by atoms with Crippen LogP contribution in [0.4, 0.5) is 5.69 Å². The number of hydrogen-bond donors (Lipinski definition) is 3. The second kappa shape index (κ2) is 9.80. The predicted octanol–water partition coefficient (Wildman–Crippen LogP) is 2.35. The van der Waals surface area contributed by atoms with E-state index in [0.29, 0.717) is 25.8 Å². The number of carbonyl (C=O) groups is 2. The molecule has 0 unspecified atom stereocenters. The van der Waals surface area contributed by atoms with Crippen LogP contribution in [0.2, 0.25) is 0 Å². The maximum Gasteiger partial charge on any atom is 0.303 e. The molecule has 0 spiro atoms. The first-order chi connectivity index (χ1) is 10.1. The summed E-state index contributed by atoms with van der Waals surface area (Å²) in [6.45, 7) is 0.649. The number of hydrogen-bond acceptors (Lipinski definition) is 3. The van der Waals surface area contributed by atoms with Crippen LogP contribution < -0.4 is 11.1 Å². The number of anilines is 1. The molecule has 0 heterocycles. The molecule has 0 saturated carbocycles. The Morgan fingerprint density at radius 1 is 1.05 bits per heavy atom. The van der Waals surface area contributed by atoms with Gasteiger partial charge in [-0.1, -0.05) is 31.0 Å². The SMILES string of the molecule is Nc1ccccc1CCC(=O)NCCCCCCC(=O)O. The second-order valence-electron chi connectivity index (χ2n) is 5.11. The molecule has 0 aliphatic rings. The van der Waals surface area contributed by atoms with Gasteiger partial charge in [-0.25, -0.2) is 0 Å². The van der Waals surface area contributed by atoms with Crippen molar-refractivity contribution in [3.8, 4) is 0 Å². The normalized spacial score (nSPS) is 10.3. The van der Waals surface area contributed by atoms with Crippen LogP contribution in [0.15, 0.2) is 24.3 Å². The van der Waals surface area contributed by atoms with Crippen molar-refractivity contribution in [1.82, 2.24) is 5.32 Å². The van der Waals surface area contributed by atoms with Gasteiger partial charge < -0.3 is 16.2 Å². The summed E-state index contributed by atoms with van der Waals surface area (Å²) in [5.74, 6) is -0.715. The van der Waals surface area contributed by atoms with E-state index in [1.807, 2.05) is 24.3 Å². The molecule has 5 nitrogen and oxygen atoms in total. The number of nitrogens with two attached hydrogens (primary N) is 1. The molecule has 5 heteroatoms. The third kappa shape index (κ3) is 7.97. The van der Waals surface area contributed by atoms with Gasteiger partial charge in [-0.2, -0.15) is 0 Å². The Bertz CT molecular complexity index is 461. The van der Waals surface area contributed by atoms with Crippen molar-refractivity contribution in [3.05, 3.63) is 29.8 Å². The Kier molecular flexibility index (Phi) is 7.94. The summed E-state index contributed by atoms with van der Waals surface area (Å²) in [6.07, 6.45) is 4.74. The van der Waals surface area contributed by atoms with E-state index in [1.54, 1.807) is 0 Å². The number of carbonyl (C=O) groups excluding carboxylic acids is 1. The largest absolute Gasteiger partial charge is 0.481 e. The molecule has 116 valence electrons. The fraction of sp³-hybridized carbons (Fsp3) is 0.500. The van der Waals surface area contributed by atoms with E-state index >= 15 is 0 Å². The van der Waals surface area contributed by atoms with Crippen molar-refractivity contribution >= 4 is 17.6 Å². The summed E-state index contributed by atoms with van der Waals surface area (Å²) < 4.78 is 0. The molecule has 0 fully saturated rings. The number of rotatable bonds is 10. The van der Waals surface area contributed by atoms with Gasteiger partial charge in [-0.15, -0.1) is 0 Å². The highest BCUT2D eigenvalue weighted by atomic mass is 16.4. The molecule has 1 amide bonds. The average Bonchev–Trinajstić information content (AvgIpc) is 2.45. The molecule has 1 aromatic carbocycles. The topological polar surface area (TPSA) is 92.4 Å². The van der Waals surface area contributed by atoms with E-state index < -0.39 is 5.97 Å². The van der Waals surface area contributed by atoms with Crippen LogP contribution in [0.1, 0.15) is 44.1 Å². The van der Waals surface area contributed by atoms with Crippen molar-refractivity contribution in [2.24, 2.45) is 0 Å². The van der Waals surface area contributed by atoms with Crippen LogP contribution in [0, 0.1) is 0 Å². The first kappa shape index (κ1) is 17.0. The number of unbranched alkanes of at least 4 members (excludes halogenated alkanes) is 3. The van der Waals surface area contributed by atoms with Gasteiger partial charge in [0.15, 0.2) is 0 Å². The lowest BCUT2D eigenvalue weighted by molar-refractivity contribution is -0.137. The molecular weight excluding hydrogens is 268 g/mol. The highest BCUT2D eigenvalue weighted by Crippen LogP contribution is 2.12. The number of aryl methyl sites for hydroxylation is 1. The average molecular weight is 292 g/mol. The van der Waals surface area contributed by atoms with Crippen molar-refractivity contribution in [3.63, 3.8) is 0 Å². The highest BCUT2D eigenvalue weighted by Gasteiger charge is 2.04. The number of nitrogens with one attached hydrogen (secondary N) is 1. The zero-order valence-electron chi connectivity index (χ0n) is 12.3. The van der Waals surface area contributed by atoms with Gasteiger partial charge >= 0.3 is 5.97 Å². The second-order valence-corrected chi connectivity index (χ2v) is 5.11. The van der Waals surface area contributed by atoms with Crippen molar-refractivity contribution in [2.45, 2.75) is 44.9 Å². The molecular formula is C16H24N2O3. The van der Waals surface area contributed by atoms with Crippen LogP contribution in [-0.4, -0.2) is 23.5 Å². The van der Waals surface area contributed by atoms with Crippen molar-refractivity contribution in [1.29, 1.82) is 0 Å². The van der Waals surface area contributed by atoms with E-state index in [1.165, 1.54) is 0 Å². The quantitative estimate of drug-likeness (QED) is 0.456. The summed E-state index contributed by atoms with van der Waals surface area (Å²) in [6, 6.07) is 7.57. The number of nitrogen functional groups attached to an aromatic ring is 1. The minimum absolute atomic E-state index is 0.0313. The van der Waals surface area contributed by atoms with Crippen LogP contribution in [0.3, 0.4) is 0 Å². The molecule has 0 aliphatic heterocycles. The summed E-state index contributed by atoms with van der Waals surface area (Å²) in [5, 5.41) is 11.4. The monoisotopic (exact) mass is 292 g/mol. The number of carboxylic acids is 1. The highest BCUT2D eigenvalue weighted by molar-refractivity contribution is 5.76. The van der Waals surface area contributed by atoms with Gasteiger partial charge in [0.2, 0.25) is 5.91 Å². The molecule has 0 atom stereocenters. The Labute approximate surface area is 125 Å². The zero-order chi connectivity index (χ0) is 15.5. The lowest BCUT2D eigenvalue weighted by Crippen LogP contribution is -2.24. The Hall–Kier alpha value is -2.04. The third-order valence-corrected chi connectivity index (χ3v) is 3.32. The summed E-state index contributed by atoms with van der Waals surface area (Å²) in [4.78, 5) is 22.0. The maximum atomic E-state index is 11.7. The van der Waals surface area contributed by atoms with Crippen molar-refractivity contribution in [2.75, 3.05) is 12.3 Å². The molecule has 0 bridgehead atoms. The number of para-hydroxylation sites is 1. The van der Waals surface area contributed by atoms with E-state index in [2.05, 4.69) is 5.32 Å². The van der Waals surface area contributed by atoms with Crippen LogP contribution in [0.25, 0.3) is 0 Å². The molecule has 0 radical (unpaired) electrons. The zero-order valence-corrected chi connectivity index (χ0v) is 12.3. The molecule has 0 aromatic heterocycles. The number of benzene rings is 1. The van der Waals surface area contributed by atoms with Crippen LogP contribution in [-0.2, 0) is 16.0 Å². The molecule has 0 aliphatic carbocycles. The van der Waals surface area contributed by atoms with Gasteiger partial charge in [0.05, 0.1) is 0 Å². The van der Waals surface area contributed by atoms with E-state index in [-0.39, 0.29) is 12.3 Å². The third-order valence-electron chi connectivity index (χ3n) is 3.32. The lowest BCUT2D eigenvalue weighted by atomic mass is 10.1. The fourth-order valence-electron chi connectivity index (χ4n) is 2.08. The summed E-state index contributed by atoms with van der Waals surface area (Å²) >= 11 is 0. The Morgan fingerprint density at radius 2 is 1.76 bits per heavy atom. The first-order valence-electron chi connectivity index (χ1n) is 7.41. The molecule has 4 N–H and O–H groups in total. The minimum Gasteiger partial charge on any atom is -0.481 e. The fourth-order valence-corrected chi connectivity index (χ4v) is 2.08. The minimum atomic E-state index is -0.747. The van der Waals surface area contributed by atoms with E-state index in [9.17, 15) is 9.59 Å². The van der Waals surface area contributed by atoms with Crippen molar-refractivity contribution < 1.29 is 14.7 Å². The molecule has 21 heavy (non-hydrogen) atoms. The van der Waals surface area contributed by atoms with Gasteiger partial charge in [0, 0.05) is 25.1 Å². The lowest BCUT2D eigenvalue weighted by Gasteiger charge is -2.07. The van der Waals surface area contributed by atoms with Gasteiger partial charge in [0.1, 0.15) is 0 Å². The Morgan fingerprint density at radius 3 is 2.48 bits per heavy atom. The molecule has 1 rings (SSSR count). The van der Waals surface area contributed by atoms with Gasteiger partial charge in [-0.3, -0.25) is 9.59 Å². The first-order valence-corrected chi connectivity index (χ1v) is 7.41. The number of amides is 1. The summed E-state index contributed by atoms with van der Waals surface area (Å²) in [5.41, 5.74) is 7.55. The molecule has 0 saturated heterocycles. The standard InChI is InChI=1S/C16H24N2O3/c17-14-8-5-4-7-13(14)10-11-15(19)18-12-6-2-1-3-9-16(20)21/h4-5,7-8H,1-3,6,9-12,17H2,(H,18,19)(H,20,21).